The molecule has 6 rings (SSSR count). The number of carboxylic acids is 1. The Bertz CT molecular complexity index is 1730. The normalized spacial score (nSPS) is 15.6. The maximum Gasteiger partial charge on any atom is 0.307 e. The third-order valence-electron chi connectivity index (χ3n) is 8.52. The van der Waals surface area contributed by atoms with E-state index in [-0.39, 0.29) is 22.7 Å². The Morgan fingerprint density at radius 2 is 1.71 bits per heavy atom. The van der Waals surface area contributed by atoms with Gasteiger partial charge in [0.2, 0.25) is 0 Å². The molecule has 0 radical (unpaired) electrons. The van der Waals surface area contributed by atoms with Crippen molar-refractivity contribution in [1.82, 2.24) is 9.78 Å². The quantitative estimate of drug-likeness (QED) is 0.220. The van der Waals surface area contributed by atoms with Gasteiger partial charge in [-0.3, -0.25) is 19.1 Å². The number of piperidine rings is 1. The highest BCUT2D eigenvalue weighted by molar-refractivity contribution is 6.13. The number of nitrogens with one attached hydrogen (secondary N) is 2. The third kappa shape index (κ3) is 6.99. The van der Waals surface area contributed by atoms with E-state index < -0.39 is 24.1 Å². The van der Waals surface area contributed by atoms with E-state index >= 15 is 0 Å². The predicted octanol–water partition coefficient (Wildman–Crippen LogP) is 5.72. The fourth-order valence-corrected chi connectivity index (χ4v) is 6.16. The van der Waals surface area contributed by atoms with Gasteiger partial charge in [-0.2, -0.15) is 5.10 Å². The molecule has 11 heteroatoms. The highest BCUT2D eigenvalue weighted by Crippen LogP contribution is 2.30. The van der Waals surface area contributed by atoms with Crippen molar-refractivity contribution in [3.8, 4) is 0 Å². The van der Waals surface area contributed by atoms with E-state index in [4.69, 9.17) is 9.84 Å². The van der Waals surface area contributed by atoms with Crippen LogP contribution in [-0.2, 0) is 22.5 Å². The number of halogens is 1. The van der Waals surface area contributed by atoms with E-state index in [9.17, 15) is 23.9 Å². The van der Waals surface area contributed by atoms with Gasteiger partial charge < -0.3 is 25.4 Å². The number of aromatic nitrogens is 2. The topological polar surface area (TPSA) is 126 Å². The van der Waals surface area contributed by atoms with E-state index in [0.29, 0.717) is 17.3 Å². The summed E-state index contributed by atoms with van der Waals surface area (Å²) < 4.78 is 21.3. The summed E-state index contributed by atoms with van der Waals surface area (Å²) in [4.78, 5) is 40.9. The number of carbonyl (C=O) groups excluding carboxylic acids is 2. The number of fused-ring (bicyclic) bond motifs is 1. The van der Waals surface area contributed by atoms with Gasteiger partial charge in [0.15, 0.2) is 5.82 Å². The maximum absolute atomic E-state index is 14.0. The summed E-state index contributed by atoms with van der Waals surface area (Å²) in [6.45, 7) is 3.78. The lowest BCUT2D eigenvalue weighted by Gasteiger charge is -2.30. The SMILES string of the molecule is O=C(O)Cc1cc(F)ccc1NC(=O)c1ccc(N2CCCCC2)c(C(=O)Nc2nn(CC3CCOCC3)c3ccccc23)c1. The number of rotatable bonds is 9. The lowest BCUT2D eigenvalue weighted by Crippen LogP contribution is -2.31. The lowest BCUT2D eigenvalue weighted by molar-refractivity contribution is -0.136. The molecule has 0 saturated carbocycles. The molecule has 4 aromatic rings. The van der Waals surface area contributed by atoms with Crippen LogP contribution in [0.1, 0.15) is 58.4 Å². The summed E-state index contributed by atoms with van der Waals surface area (Å²) in [5, 5.41) is 20.6. The zero-order chi connectivity index (χ0) is 31.3. The average Bonchev–Trinajstić information content (AvgIpc) is 3.39. The molecule has 234 valence electrons. The summed E-state index contributed by atoms with van der Waals surface area (Å²) in [5.41, 5.74) is 2.53. The van der Waals surface area contributed by atoms with Gasteiger partial charge in [0.1, 0.15) is 5.82 Å². The van der Waals surface area contributed by atoms with Crippen molar-refractivity contribution in [2.75, 3.05) is 41.8 Å². The summed E-state index contributed by atoms with van der Waals surface area (Å²) in [6, 6.07) is 16.4. The van der Waals surface area contributed by atoms with Crippen molar-refractivity contribution in [3.05, 3.63) is 83.2 Å². The smallest absolute Gasteiger partial charge is 0.307 e. The number of hydrogen-bond donors (Lipinski definition) is 3. The van der Waals surface area contributed by atoms with Crippen LogP contribution >= 0.6 is 0 Å². The molecular weight excluding hydrogens is 577 g/mol. The number of hydrogen-bond acceptors (Lipinski definition) is 6. The molecule has 3 aromatic carbocycles. The van der Waals surface area contributed by atoms with Gasteiger partial charge in [-0.05, 0) is 92.1 Å². The summed E-state index contributed by atoms with van der Waals surface area (Å²) in [6.07, 6.45) is 4.58. The number of aliphatic carboxylic acids is 1. The molecule has 2 saturated heterocycles. The standard InChI is InChI=1S/C34H36FN5O5/c35-25-9-10-28(24(18-25)20-31(41)42)36-33(43)23-8-11-29(39-14-4-1-5-15-39)27(19-23)34(44)37-32-26-6-2-3-7-30(26)40(38-32)21-22-12-16-45-17-13-22/h2-3,6-11,18-19,22H,1,4-5,12-17,20-21H2,(H,36,43)(H,41,42)(H,37,38,44). The number of carbonyl (C=O) groups is 3. The van der Waals surface area contributed by atoms with Gasteiger partial charge in [-0.15, -0.1) is 0 Å². The summed E-state index contributed by atoms with van der Waals surface area (Å²) >= 11 is 0. The van der Waals surface area contributed by atoms with Gasteiger partial charge in [-0.1, -0.05) is 12.1 Å². The zero-order valence-electron chi connectivity index (χ0n) is 24.9. The largest absolute Gasteiger partial charge is 0.481 e. The first-order valence-corrected chi connectivity index (χ1v) is 15.4. The number of ether oxygens (including phenoxy) is 1. The number of benzene rings is 3. The van der Waals surface area contributed by atoms with E-state index in [1.807, 2.05) is 28.9 Å². The van der Waals surface area contributed by atoms with Gasteiger partial charge in [-0.25, -0.2) is 4.39 Å². The second-order valence-electron chi connectivity index (χ2n) is 11.7. The van der Waals surface area contributed by atoms with Gasteiger partial charge in [0.25, 0.3) is 11.8 Å². The van der Waals surface area contributed by atoms with Crippen LogP contribution in [0, 0.1) is 11.7 Å². The summed E-state index contributed by atoms with van der Waals surface area (Å²) in [5.74, 6) is -1.80. The number of carboxylic acid groups (broad SMARTS) is 1. The number of para-hydroxylation sites is 1. The second kappa shape index (κ2) is 13.5. The predicted molar refractivity (Wildman–Crippen MR) is 169 cm³/mol. The van der Waals surface area contributed by atoms with Gasteiger partial charge >= 0.3 is 5.97 Å². The number of anilines is 3. The van der Waals surface area contributed by atoms with Crippen LogP contribution in [0.3, 0.4) is 0 Å². The van der Waals surface area contributed by atoms with Crippen LogP contribution in [0.25, 0.3) is 10.9 Å². The minimum atomic E-state index is -1.15. The lowest BCUT2D eigenvalue weighted by atomic mass is 10.0. The monoisotopic (exact) mass is 613 g/mol. The van der Waals surface area contributed by atoms with Crippen LogP contribution in [-0.4, -0.2) is 59.0 Å². The minimum absolute atomic E-state index is 0.141. The number of nitrogens with zero attached hydrogens (tertiary/aromatic N) is 3. The minimum Gasteiger partial charge on any atom is -0.481 e. The van der Waals surface area contributed by atoms with E-state index in [1.54, 1.807) is 18.2 Å². The molecule has 0 spiro atoms. The molecule has 2 aliphatic rings. The Kier molecular flexibility index (Phi) is 9.06. The Balaban J connectivity index is 1.30. The third-order valence-corrected chi connectivity index (χ3v) is 8.52. The van der Waals surface area contributed by atoms with Gasteiger partial charge in [0, 0.05) is 55.2 Å². The fraction of sp³-hybridized carbons (Fsp3) is 0.353. The van der Waals surface area contributed by atoms with Crippen LogP contribution in [0.15, 0.2) is 60.7 Å². The summed E-state index contributed by atoms with van der Waals surface area (Å²) in [7, 11) is 0. The highest BCUT2D eigenvalue weighted by Gasteiger charge is 2.24. The van der Waals surface area contributed by atoms with Crippen molar-refractivity contribution < 1.29 is 28.6 Å². The van der Waals surface area contributed by atoms with E-state index in [1.165, 1.54) is 6.07 Å². The molecular formula is C34H36FN5O5. The molecule has 3 heterocycles. The number of amides is 2. The molecule has 2 amide bonds. The molecule has 0 atom stereocenters. The van der Waals surface area contributed by atoms with Crippen molar-refractivity contribution in [2.45, 2.75) is 45.1 Å². The average molecular weight is 614 g/mol. The van der Waals surface area contributed by atoms with E-state index in [0.717, 1.165) is 93.7 Å². The first-order valence-electron chi connectivity index (χ1n) is 15.4. The molecule has 0 aliphatic carbocycles. The highest BCUT2D eigenvalue weighted by atomic mass is 19.1. The van der Waals surface area contributed by atoms with Crippen LogP contribution in [0.4, 0.5) is 21.6 Å². The van der Waals surface area contributed by atoms with Crippen molar-refractivity contribution in [3.63, 3.8) is 0 Å². The maximum atomic E-state index is 14.0. The Morgan fingerprint density at radius 3 is 2.49 bits per heavy atom. The molecule has 45 heavy (non-hydrogen) atoms. The van der Waals surface area contributed by atoms with Crippen LogP contribution in [0.2, 0.25) is 0 Å². The fourth-order valence-electron chi connectivity index (χ4n) is 6.16. The first-order chi connectivity index (χ1) is 21.9. The van der Waals surface area contributed by atoms with Gasteiger partial charge in [0.05, 0.1) is 17.5 Å². The molecule has 1 aromatic heterocycles. The van der Waals surface area contributed by atoms with Crippen molar-refractivity contribution >= 4 is 45.9 Å². The molecule has 3 N–H and O–H groups in total. The molecule has 0 unspecified atom stereocenters. The molecule has 10 nitrogen and oxygen atoms in total. The Hall–Kier alpha value is -4.77. The van der Waals surface area contributed by atoms with E-state index in [2.05, 4.69) is 15.5 Å². The first kappa shape index (κ1) is 30.3. The van der Waals surface area contributed by atoms with Crippen molar-refractivity contribution in [2.24, 2.45) is 5.92 Å². The second-order valence-corrected chi connectivity index (χ2v) is 11.7. The zero-order valence-corrected chi connectivity index (χ0v) is 24.9. The molecule has 0 bridgehead atoms. The van der Waals surface area contributed by atoms with Crippen molar-refractivity contribution in [1.29, 1.82) is 0 Å². The Morgan fingerprint density at radius 1 is 0.933 bits per heavy atom. The molecule has 2 aliphatic heterocycles. The van der Waals surface area contributed by atoms with Crippen LogP contribution in [0.5, 0.6) is 0 Å². The Labute approximate surface area is 260 Å². The van der Waals surface area contributed by atoms with Crippen LogP contribution < -0.4 is 15.5 Å². The molecule has 2 fully saturated rings.